The standard InChI is InChI=1S/C15H18ClFN2O3/c1-10(12-3-2-11(17)8-13(12)16)18-14(20)19-5-4-15(9-19)21-6-7-22-15/h2-3,8,10H,4-7,9H2,1H3,(H,18,20)/t10-/m1/s1. The quantitative estimate of drug-likeness (QED) is 0.908. The Morgan fingerprint density at radius 1 is 1.45 bits per heavy atom. The van der Waals surface area contributed by atoms with Crippen LogP contribution in [0.2, 0.25) is 5.02 Å². The first-order valence-corrected chi connectivity index (χ1v) is 7.65. The highest BCUT2D eigenvalue weighted by atomic mass is 35.5. The number of likely N-dealkylation sites (tertiary alicyclic amines) is 1. The van der Waals surface area contributed by atoms with Crippen molar-refractivity contribution in [2.75, 3.05) is 26.3 Å². The van der Waals surface area contributed by atoms with E-state index in [2.05, 4.69) is 5.32 Å². The molecule has 3 rings (SSSR count). The Hall–Kier alpha value is -1.37. The lowest BCUT2D eigenvalue weighted by atomic mass is 10.1. The van der Waals surface area contributed by atoms with Crippen LogP contribution in [0.3, 0.4) is 0 Å². The van der Waals surface area contributed by atoms with Crippen molar-refractivity contribution in [1.29, 1.82) is 0 Å². The topological polar surface area (TPSA) is 50.8 Å². The van der Waals surface area contributed by atoms with Crippen LogP contribution in [0.25, 0.3) is 0 Å². The summed E-state index contributed by atoms with van der Waals surface area (Å²) >= 11 is 6.02. The summed E-state index contributed by atoms with van der Waals surface area (Å²) in [6.07, 6.45) is 0.673. The van der Waals surface area contributed by atoms with E-state index in [0.717, 1.165) is 0 Å². The summed E-state index contributed by atoms with van der Waals surface area (Å²) in [5.74, 6) is -1.03. The van der Waals surface area contributed by atoms with Crippen LogP contribution in [0.15, 0.2) is 18.2 Å². The highest BCUT2D eigenvalue weighted by molar-refractivity contribution is 6.31. The van der Waals surface area contributed by atoms with E-state index in [4.69, 9.17) is 21.1 Å². The zero-order valence-electron chi connectivity index (χ0n) is 12.3. The van der Waals surface area contributed by atoms with Gasteiger partial charge in [-0.3, -0.25) is 0 Å². The number of urea groups is 1. The molecule has 1 atom stereocenters. The molecule has 1 aromatic rings. The molecular formula is C15H18ClFN2O3. The molecule has 1 aromatic carbocycles. The van der Waals surface area contributed by atoms with Crippen LogP contribution in [-0.4, -0.2) is 43.0 Å². The van der Waals surface area contributed by atoms with Crippen LogP contribution in [0.1, 0.15) is 24.9 Å². The van der Waals surface area contributed by atoms with Gasteiger partial charge >= 0.3 is 6.03 Å². The fourth-order valence-corrected chi connectivity index (χ4v) is 3.20. The molecule has 7 heteroatoms. The minimum Gasteiger partial charge on any atom is -0.346 e. The number of carbonyl (C=O) groups excluding carboxylic acids is 1. The second kappa shape index (κ2) is 6.02. The van der Waals surface area contributed by atoms with Crippen molar-refractivity contribution in [2.45, 2.75) is 25.2 Å². The molecule has 120 valence electrons. The van der Waals surface area contributed by atoms with Crippen molar-refractivity contribution in [3.8, 4) is 0 Å². The summed E-state index contributed by atoms with van der Waals surface area (Å²) in [6, 6.07) is 3.63. The molecule has 0 saturated carbocycles. The van der Waals surface area contributed by atoms with E-state index in [1.165, 1.54) is 12.1 Å². The molecule has 2 heterocycles. The van der Waals surface area contributed by atoms with Gasteiger partial charge in [0.2, 0.25) is 0 Å². The molecule has 2 saturated heterocycles. The number of halogens is 2. The number of amides is 2. The summed E-state index contributed by atoms with van der Waals surface area (Å²) in [4.78, 5) is 14.0. The van der Waals surface area contributed by atoms with Gasteiger partial charge in [0, 0.05) is 18.0 Å². The average Bonchev–Trinajstić information content (AvgIpc) is 3.09. The molecule has 0 unspecified atom stereocenters. The number of nitrogens with zero attached hydrogens (tertiary/aromatic N) is 1. The minimum atomic E-state index is -0.631. The zero-order chi connectivity index (χ0) is 15.7. The third-order valence-electron chi connectivity index (χ3n) is 4.06. The van der Waals surface area contributed by atoms with E-state index < -0.39 is 11.6 Å². The van der Waals surface area contributed by atoms with Crippen LogP contribution >= 0.6 is 11.6 Å². The van der Waals surface area contributed by atoms with Crippen LogP contribution < -0.4 is 5.32 Å². The summed E-state index contributed by atoms with van der Waals surface area (Å²) in [7, 11) is 0. The van der Waals surface area contributed by atoms with Crippen molar-refractivity contribution in [1.82, 2.24) is 10.2 Å². The summed E-state index contributed by atoms with van der Waals surface area (Å²) in [6.45, 7) is 3.94. The third-order valence-corrected chi connectivity index (χ3v) is 4.39. The first-order chi connectivity index (χ1) is 10.5. The van der Waals surface area contributed by atoms with Gasteiger partial charge in [0.15, 0.2) is 5.79 Å². The Morgan fingerprint density at radius 2 is 2.18 bits per heavy atom. The fraction of sp³-hybridized carbons (Fsp3) is 0.533. The summed E-state index contributed by atoms with van der Waals surface area (Å²) in [5.41, 5.74) is 0.679. The van der Waals surface area contributed by atoms with Gasteiger partial charge in [-0.2, -0.15) is 0 Å². The van der Waals surface area contributed by atoms with Gasteiger partial charge in [-0.15, -0.1) is 0 Å². The normalized spacial score (nSPS) is 21.3. The lowest BCUT2D eigenvalue weighted by molar-refractivity contribution is -0.143. The fourth-order valence-electron chi connectivity index (χ4n) is 2.87. The van der Waals surface area contributed by atoms with Gasteiger partial charge in [-0.05, 0) is 24.6 Å². The maximum atomic E-state index is 13.1. The molecule has 0 aliphatic carbocycles. The van der Waals surface area contributed by atoms with Gasteiger partial charge in [-0.1, -0.05) is 17.7 Å². The highest BCUT2D eigenvalue weighted by Gasteiger charge is 2.44. The molecule has 0 aromatic heterocycles. The SMILES string of the molecule is C[C@@H](NC(=O)N1CCC2(C1)OCCO2)c1ccc(F)cc1Cl. The number of ether oxygens (including phenoxy) is 2. The van der Waals surface area contributed by atoms with Crippen LogP contribution in [0.5, 0.6) is 0 Å². The second-order valence-electron chi connectivity index (χ2n) is 5.62. The van der Waals surface area contributed by atoms with E-state index in [-0.39, 0.29) is 12.1 Å². The Balaban J connectivity index is 1.62. The largest absolute Gasteiger partial charge is 0.346 e. The summed E-state index contributed by atoms with van der Waals surface area (Å²) < 4.78 is 24.3. The Labute approximate surface area is 133 Å². The van der Waals surface area contributed by atoms with E-state index in [0.29, 0.717) is 43.3 Å². The van der Waals surface area contributed by atoms with Crippen LogP contribution in [0.4, 0.5) is 9.18 Å². The third kappa shape index (κ3) is 3.04. The van der Waals surface area contributed by atoms with Gasteiger partial charge in [-0.25, -0.2) is 9.18 Å². The van der Waals surface area contributed by atoms with E-state index in [9.17, 15) is 9.18 Å². The Bertz CT molecular complexity index is 578. The van der Waals surface area contributed by atoms with Crippen LogP contribution in [0, 0.1) is 5.82 Å². The number of carbonyl (C=O) groups is 1. The first-order valence-electron chi connectivity index (χ1n) is 7.27. The maximum absolute atomic E-state index is 13.1. The molecule has 2 aliphatic heterocycles. The number of hydrogen-bond acceptors (Lipinski definition) is 3. The number of hydrogen-bond donors (Lipinski definition) is 1. The Kier molecular flexibility index (Phi) is 4.25. The van der Waals surface area contributed by atoms with Gasteiger partial charge in [0.25, 0.3) is 0 Å². The molecule has 2 fully saturated rings. The predicted molar refractivity (Wildman–Crippen MR) is 79.2 cm³/mol. The number of rotatable bonds is 2. The molecule has 1 spiro atoms. The van der Waals surface area contributed by atoms with Gasteiger partial charge in [0.1, 0.15) is 5.82 Å². The second-order valence-corrected chi connectivity index (χ2v) is 6.02. The van der Waals surface area contributed by atoms with Crippen molar-refractivity contribution < 1.29 is 18.7 Å². The predicted octanol–water partition coefficient (Wildman–Crippen LogP) is 2.70. The van der Waals surface area contributed by atoms with Gasteiger partial charge < -0.3 is 19.7 Å². The monoisotopic (exact) mass is 328 g/mol. The lowest BCUT2D eigenvalue weighted by Gasteiger charge is -2.24. The van der Waals surface area contributed by atoms with E-state index in [1.807, 2.05) is 6.92 Å². The minimum absolute atomic E-state index is 0.205. The van der Waals surface area contributed by atoms with Crippen molar-refractivity contribution in [3.05, 3.63) is 34.6 Å². The Morgan fingerprint density at radius 3 is 2.86 bits per heavy atom. The van der Waals surface area contributed by atoms with E-state index in [1.54, 1.807) is 11.0 Å². The molecule has 0 radical (unpaired) electrons. The lowest BCUT2D eigenvalue weighted by Crippen LogP contribution is -2.42. The molecule has 2 amide bonds. The van der Waals surface area contributed by atoms with E-state index >= 15 is 0 Å². The van der Waals surface area contributed by atoms with Crippen LogP contribution in [-0.2, 0) is 9.47 Å². The number of benzene rings is 1. The molecule has 22 heavy (non-hydrogen) atoms. The van der Waals surface area contributed by atoms with Crippen molar-refractivity contribution >= 4 is 17.6 Å². The molecule has 5 nitrogen and oxygen atoms in total. The maximum Gasteiger partial charge on any atom is 0.318 e. The smallest absolute Gasteiger partial charge is 0.318 e. The summed E-state index contributed by atoms with van der Waals surface area (Å²) in [5, 5.41) is 3.17. The highest BCUT2D eigenvalue weighted by Crippen LogP contribution is 2.31. The first kappa shape index (κ1) is 15.5. The number of nitrogens with one attached hydrogen (secondary N) is 1. The molecule has 2 aliphatic rings. The molecule has 1 N–H and O–H groups in total. The molecular weight excluding hydrogens is 311 g/mol. The average molecular weight is 329 g/mol. The molecule has 0 bridgehead atoms. The van der Waals surface area contributed by atoms with Crippen molar-refractivity contribution in [3.63, 3.8) is 0 Å². The van der Waals surface area contributed by atoms with Gasteiger partial charge in [0.05, 0.1) is 25.8 Å². The van der Waals surface area contributed by atoms with Crippen molar-refractivity contribution in [2.24, 2.45) is 0 Å². The zero-order valence-corrected chi connectivity index (χ0v) is 13.0.